The van der Waals surface area contributed by atoms with Gasteiger partial charge in [-0.05, 0) is 43.8 Å². The molecule has 0 aliphatic heterocycles. The highest BCUT2D eigenvalue weighted by Gasteiger charge is 2.04. The lowest BCUT2D eigenvalue weighted by molar-refractivity contribution is 0.209. The molecule has 0 radical (unpaired) electrons. The molecule has 0 amide bonds. The molecule has 0 saturated heterocycles. The first kappa shape index (κ1) is 11.6. The largest absolute Gasteiger partial charge is 0.388 e. The van der Waals surface area contributed by atoms with E-state index in [1.165, 1.54) is 37.7 Å². The molecule has 0 heterocycles. The van der Waals surface area contributed by atoms with Gasteiger partial charge in [0, 0.05) is 0 Å². The zero-order valence-corrected chi connectivity index (χ0v) is 9.26. The molecule has 1 atom stereocenters. The summed E-state index contributed by atoms with van der Waals surface area (Å²) >= 11 is 0. The molecule has 0 bridgehead atoms. The minimum Gasteiger partial charge on any atom is -0.388 e. The molecule has 0 aromatic heterocycles. The van der Waals surface area contributed by atoms with Crippen LogP contribution in [0.25, 0.3) is 0 Å². The van der Waals surface area contributed by atoms with Crippen LogP contribution in [0.15, 0.2) is 17.4 Å². The molecule has 1 N–H and O–H groups in total. The van der Waals surface area contributed by atoms with Crippen molar-refractivity contribution in [3.63, 3.8) is 0 Å². The van der Waals surface area contributed by atoms with Crippen molar-refractivity contribution >= 4 is 0 Å². The molecular weight excluding hydrogens is 172 g/mol. The fourth-order valence-electron chi connectivity index (χ4n) is 1.83. The molecule has 1 heteroatoms. The lowest BCUT2D eigenvalue weighted by Crippen LogP contribution is -2.00. The van der Waals surface area contributed by atoms with Gasteiger partial charge in [0.1, 0.15) is 0 Å². The van der Waals surface area contributed by atoms with E-state index in [-0.39, 0.29) is 6.10 Å². The van der Waals surface area contributed by atoms with Gasteiger partial charge in [-0.15, -0.1) is 5.73 Å². The van der Waals surface area contributed by atoms with Gasteiger partial charge in [0.05, 0.1) is 6.10 Å². The minimum absolute atomic E-state index is 0.274. The molecular formula is C13H22O. The maximum absolute atomic E-state index is 9.58. The summed E-state index contributed by atoms with van der Waals surface area (Å²) in [6, 6.07) is 0. The number of unbranched alkanes of at least 4 members (excludes halogenated alkanes) is 1. The van der Waals surface area contributed by atoms with E-state index in [0.29, 0.717) is 0 Å². The average molecular weight is 194 g/mol. The van der Waals surface area contributed by atoms with Crippen LogP contribution < -0.4 is 0 Å². The summed E-state index contributed by atoms with van der Waals surface area (Å²) in [6.07, 6.45) is 11.1. The topological polar surface area (TPSA) is 20.2 Å². The Hall–Kier alpha value is -0.520. The quantitative estimate of drug-likeness (QED) is 0.678. The van der Waals surface area contributed by atoms with Crippen molar-refractivity contribution in [2.45, 2.75) is 64.4 Å². The lowest BCUT2D eigenvalue weighted by Gasteiger charge is -2.10. The molecule has 1 nitrogen and oxygen atoms in total. The van der Waals surface area contributed by atoms with E-state index in [1.54, 1.807) is 0 Å². The SMILES string of the molecule is CCCCC(O)C=C=C1CCCCC1. The Bertz CT molecular complexity index is 203. The highest BCUT2D eigenvalue weighted by atomic mass is 16.3. The molecule has 0 aromatic carbocycles. The summed E-state index contributed by atoms with van der Waals surface area (Å²) in [5, 5.41) is 9.58. The van der Waals surface area contributed by atoms with E-state index < -0.39 is 0 Å². The van der Waals surface area contributed by atoms with Crippen LogP contribution in [-0.2, 0) is 0 Å². The molecule has 1 unspecified atom stereocenters. The number of hydrogen-bond donors (Lipinski definition) is 1. The summed E-state index contributed by atoms with van der Waals surface area (Å²) in [7, 11) is 0. The van der Waals surface area contributed by atoms with E-state index in [9.17, 15) is 5.11 Å². The maximum atomic E-state index is 9.58. The Morgan fingerprint density at radius 3 is 2.71 bits per heavy atom. The molecule has 1 aliphatic rings. The molecule has 0 aromatic rings. The molecule has 0 spiro atoms. The van der Waals surface area contributed by atoms with Gasteiger partial charge in [0.25, 0.3) is 0 Å². The molecule has 1 saturated carbocycles. The monoisotopic (exact) mass is 194 g/mol. The van der Waals surface area contributed by atoms with Gasteiger partial charge in [-0.25, -0.2) is 0 Å². The van der Waals surface area contributed by atoms with Crippen molar-refractivity contribution in [3.8, 4) is 0 Å². The normalized spacial score (nSPS) is 18.9. The number of aliphatic hydroxyl groups is 1. The Morgan fingerprint density at radius 1 is 1.36 bits per heavy atom. The Morgan fingerprint density at radius 2 is 2.07 bits per heavy atom. The molecule has 80 valence electrons. The fraction of sp³-hybridized carbons (Fsp3) is 0.769. The predicted octanol–water partition coefficient (Wildman–Crippen LogP) is 3.58. The second-order valence-electron chi connectivity index (χ2n) is 4.18. The van der Waals surface area contributed by atoms with Crippen molar-refractivity contribution in [3.05, 3.63) is 17.4 Å². The van der Waals surface area contributed by atoms with Crippen LogP contribution in [0.1, 0.15) is 58.3 Å². The van der Waals surface area contributed by atoms with Crippen LogP contribution in [0.2, 0.25) is 0 Å². The number of hydrogen-bond acceptors (Lipinski definition) is 1. The highest BCUT2D eigenvalue weighted by Crippen LogP contribution is 2.21. The van der Waals surface area contributed by atoms with Crippen molar-refractivity contribution < 1.29 is 5.11 Å². The minimum atomic E-state index is -0.274. The summed E-state index contributed by atoms with van der Waals surface area (Å²) in [5.41, 5.74) is 4.68. The van der Waals surface area contributed by atoms with E-state index in [4.69, 9.17) is 0 Å². The molecule has 1 fully saturated rings. The fourth-order valence-corrected chi connectivity index (χ4v) is 1.83. The lowest BCUT2D eigenvalue weighted by atomic mass is 9.95. The van der Waals surface area contributed by atoms with Gasteiger partial charge in [-0.2, -0.15) is 0 Å². The average Bonchev–Trinajstić information content (AvgIpc) is 2.25. The Balaban J connectivity index is 2.34. The van der Waals surface area contributed by atoms with Crippen molar-refractivity contribution in [1.82, 2.24) is 0 Å². The van der Waals surface area contributed by atoms with Crippen LogP contribution in [0.3, 0.4) is 0 Å². The first-order chi connectivity index (χ1) is 6.83. The summed E-state index contributed by atoms with van der Waals surface area (Å²) in [4.78, 5) is 0. The molecule has 1 rings (SSSR count). The third kappa shape index (κ3) is 4.64. The first-order valence-corrected chi connectivity index (χ1v) is 5.95. The van der Waals surface area contributed by atoms with Crippen molar-refractivity contribution in [2.75, 3.05) is 0 Å². The summed E-state index contributed by atoms with van der Waals surface area (Å²) in [5.74, 6) is 0. The number of aliphatic hydroxyl groups excluding tert-OH is 1. The van der Waals surface area contributed by atoms with Crippen LogP contribution >= 0.6 is 0 Å². The van der Waals surface area contributed by atoms with Crippen LogP contribution in [0.5, 0.6) is 0 Å². The van der Waals surface area contributed by atoms with E-state index in [1.807, 2.05) is 6.08 Å². The summed E-state index contributed by atoms with van der Waals surface area (Å²) in [6.45, 7) is 2.15. The third-order valence-electron chi connectivity index (χ3n) is 2.79. The van der Waals surface area contributed by atoms with E-state index in [0.717, 1.165) is 19.3 Å². The molecule has 14 heavy (non-hydrogen) atoms. The van der Waals surface area contributed by atoms with Gasteiger partial charge in [0.15, 0.2) is 0 Å². The standard InChI is InChI=1S/C13H22O/c1-2-3-9-13(14)11-10-12-7-5-4-6-8-12/h11,13-14H,2-9H2,1H3. The van der Waals surface area contributed by atoms with Crippen LogP contribution in [0.4, 0.5) is 0 Å². The predicted molar refractivity (Wildman–Crippen MR) is 60.2 cm³/mol. The highest BCUT2D eigenvalue weighted by molar-refractivity contribution is 5.05. The second-order valence-corrected chi connectivity index (χ2v) is 4.18. The van der Waals surface area contributed by atoms with Crippen molar-refractivity contribution in [2.24, 2.45) is 0 Å². The van der Waals surface area contributed by atoms with Gasteiger partial charge < -0.3 is 5.11 Å². The summed E-state index contributed by atoms with van der Waals surface area (Å²) < 4.78 is 0. The Kier molecular flexibility index (Phi) is 5.66. The molecule has 1 aliphatic carbocycles. The zero-order valence-electron chi connectivity index (χ0n) is 9.26. The zero-order chi connectivity index (χ0) is 10.2. The van der Waals surface area contributed by atoms with Gasteiger partial charge >= 0.3 is 0 Å². The Labute approximate surface area is 87.5 Å². The van der Waals surface area contributed by atoms with Gasteiger partial charge in [-0.3, -0.25) is 0 Å². The van der Waals surface area contributed by atoms with Crippen molar-refractivity contribution in [1.29, 1.82) is 0 Å². The maximum Gasteiger partial charge on any atom is 0.0794 e. The van der Waals surface area contributed by atoms with E-state index in [2.05, 4.69) is 12.7 Å². The third-order valence-corrected chi connectivity index (χ3v) is 2.79. The van der Waals surface area contributed by atoms with E-state index >= 15 is 0 Å². The smallest absolute Gasteiger partial charge is 0.0794 e. The van der Waals surface area contributed by atoms with Crippen LogP contribution in [0, 0.1) is 0 Å². The van der Waals surface area contributed by atoms with Gasteiger partial charge in [-0.1, -0.05) is 26.2 Å². The first-order valence-electron chi connectivity index (χ1n) is 5.95. The number of rotatable bonds is 4. The van der Waals surface area contributed by atoms with Crippen LogP contribution in [-0.4, -0.2) is 11.2 Å². The second kappa shape index (κ2) is 6.86. The van der Waals surface area contributed by atoms with Gasteiger partial charge in [0.2, 0.25) is 0 Å².